The van der Waals surface area contributed by atoms with Gasteiger partial charge in [0.1, 0.15) is 11.4 Å². The molecule has 142 valence electrons. The van der Waals surface area contributed by atoms with E-state index in [-0.39, 0.29) is 11.1 Å². The Balaban J connectivity index is 1.85. The second-order valence-electron chi connectivity index (χ2n) is 6.74. The number of fused-ring (bicyclic) bond motifs is 2. The number of nitrogens with one attached hydrogen (secondary N) is 1. The van der Waals surface area contributed by atoms with E-state index < -0.39 is 5.91 Å². The van der Waals surface area contributed by atoms with Gasteiger partial charge in [0.05, 0.1) is 23.6 Å². The standard InChI is InChI=1S/C19H19N7O2/c1-11(24(2)3)22-19(28)14-10-21-26-17(27)8-15(23-18(14)26)12-5-6-16-13(7-12)9-20-25(16)4/h5-10,23H,1-4H3/b22-11-. The Morgan fingerprint density at radius 3 is 2.71 bits per heavy atom. The first kappa shape index (κ1) is 17.7. The summed E-state index contributed by atoms with van der Waals surface area (Å²) < 4.78 is 2.95. The van der Waals surface area contributed by atoms with E-state index in [0.717, 1.165) is 16.5 Å². The molecule has 0 atom stereocenters. The van der Waals surface area contributed by atoms with E-state index in [2.05, 4.69) is 20.2 Å². The smallest absolute Gasteiger partial charge is 0.284 e. The van der Waals surface area contributed by atoms with Crippen LogP contribution in [0, 0.1) is 0 Å². The number of carbonyl (C=O) groups is 1. The van der Waals surface area contributed by atoms with Crippen LogP contribution in [0.4, 0.5) is 0 Å². The first-order valence-electron chi connectivity index (χ1n) is 8.65. The molecule has 0 radical (unpaired) electrons. The van der Waals surface area contributed by atoms with Crippen LogP contribution < -0.4 is 5.56 Å². The van der Waals surface area contributed by atoms with Crippen molar-refractivity contribution < 1.29 is 4.79 Å². The lowest BCUT2D eigenvalue weighted by molar-refractivity contribution is 0.100. The quantitative estimate of drug-likeness (QED) is 0.423. The fourth-order valence-corrected chi connectivity index (χ4v) is 2.93. The SMILES string of the molecule is C/C(=N/C(=O)c1cnn2c(=O)cc(-c3ccc4c(cnn4C)c3)[nH]c12)N(C)C. The molecule has 0 saturated carbocycles. The summed E-state index contributed by atoms with van der Waals surface area (Å²) in [6, 6.07) is 7.24. The topological polar surface area (TPSA) is 101 Å². The number of amidine groups is 1. The summed E-state index contributed by atoms with van der Waals surface area (Å²) >= 11 is 0. The van der Waals surface area contributed by atoms with Crippen molar-refractivity contribution in [1.82, 2.24) is 29.3 Å². The molecular formula is C19H19N7O2. The summed E-state index contributed by atoms with van der Waals surface area (Å²) in [6.07, 6.45) is 3.12. The van der Waals surface area contributed by atoms with Crippen LogP contribution in [0.5, 0.6) is 0 Å². The number of benzene rings is 1. The molecule has 0 spiro atoms. The zero-order chi connectivity index (χ0) is 20.0. The van der Waals surface area contributed by atoms with Crippen LogP contribution in [-0.4, -0.2) is 55.1 Å². The number of rotatable bonds is 2. The van der Waals surface area contributed by atoms with Crippen molar-refractivity contribution in [3.05, 3.63) is 52.6 Å². The number of hydrogen-bond donors (Lipinski definition) is 1. The van der Waals surface area contributed by atoms with Crippen LogP contribution in [0.15, 0.2) is 46.4 Å². The van der Waals surface area contributed by atoms with Gasteiger partial charge in [0.25, 0.3) is 11.5 Å². The molecule has 3 heterocycles. The van der Waals surface area contributed by atoms with Gasteiger partial charge in [0, 0.05) is 32.6 Å². The van der Waals surface area contributed by atoms with Gasteiger partial charge in [-0.15, -0.1) is 0 Å². The lowest BCUT2D eigenvalue weighted by Crippen LogP contribution is -2.20. The Bertz CT molecular complexity index is 1310. The number of aromatic nitrogens is 5. The van der Waals surface area contributed by atoms with Gasteiger partial charge in [0.15, 0.2) is 5.65 Å². The van der Waals surface area contributed by atoms with Crippen LogP contribution in [0.3, 0.4) is 0 Å². The molecule has 0 saturated heterocycles. The molecule has 1 amide bonds. The predicted molar refractivity (Wildman–Crippen MR) is 107 cm³/mol. The second kappa shape index (κ2) is 6.45. The summed E-state index contributed by atoms with van der Waals surface area (Å²) in [5.74, 6) is 0.0987. The number of aromatic amines is 1. The summed E-state index contributed by atoms with van der Waals surface area (Å²) in [4.78, 5) is 34.0. The van der Waals surface area contributed by atoms with Crippen molar-refractivity contribution in [2.24, 2.45) is 12.0 Å². The van der Waals surface area contributed by atoms with E-state index in [1.165, 1.54) is 16.8 Å². The number of aliphatic imine (C=N–C) groups is 1. The molecule has 0 aliphatic heterocycles. The fourth-order valence-electron chi connectivity index (χ4n) is 2.93. The Morgan fingerprint density at radius 1 is 1.18 bits per heavy atom. The molecule has 4 rings (SSSR count). The van der Waals surface area contributed by atoms with E-state index in [1.807, 2.05) is 25.2 Å². The molecule has 4 aromatic rings. The summed E-state index contributed by atoms with van der Waals surface area (Å²) in [5, 5.41) is 9.23. The Kier molecular flexibility index (Phi) is 4.07. The van der Waals surface area contributed by atoms with Crippen molar-refractivity contribution in [2.75, 3.05) is 14.1 Å². The van der Waals surface area contributed by atoms with Crippen LogP contribution >= 0.6 is 0 Å². The van der Waals surface area contributed by atoms with Crippen molar-refractivity contribution in [2.45, 2.75) is 6.92 Å². The van der Waals surface area contributed by atoms with Crippen LogP contribution in [0.1, 0.15) is 17.3 Å². The van der Waals surface area contributed by atoms with Crippen molar-refractivity contribution in [1.29, 1.82) is 0 Å². The number of aryl methyl sites for hydroxylation is 1. The van der Waals surface area contributed by atoms with Gasteiger partial charge < -0.3 is 9.88 Å². The van der Waals surface area contributed by atoms with Crippen molar-refractivity contribution >= 4 is 28.3 Å². The van der Waals surface area contributed by atoms with E-state index >= 15 is 0 Å². The maximum atomic E-state index is 12.6. The molecule has 3 aromatic heterocycles. The Hall–Kier alpha value is -3.75. The van der Waals surface area contributed by atoms with Crippen molar-refractivity contribution in [3.63, 3.8) is 0 Å². The highest BCUT2D eigenvalue weighted by molar-refractivity contribution is 6.06. The first-order chi connectivity index (χ1) is 13.3. The normalized spacial score (nSPS) is 12.1. The largest absolute Gasteiger partial charge is 0.366 e. The molecule has 1 aromatic carbocycles. The molecule has 9 heteroatoms. The molecule has 0 unspecified atom stereocenters. The predicted octanol–water partition coefficient (Wildman–Crippen LogP) is 1.70. The highest BCUT2D eigenvalue weighted by atomic mass is 16.1. The van der Waals surface area contributed by atoms with E-state index in [4.69, 9.17) is 0 Å². The zero-order valence-corrected chi connectivity index (χ0v) is 16.0. The number of hydrogen-bond acceptors (Lipinski definition) is 4. The maximum absolute atomic E-state index is 12.6. The highest BCUT2D eigenvalue weighted by Gasteiger charge is 2.16. The summed E-state index contributed by atoms with van der Waals surface area (Å²) in [5.41, 5.74) is 2.61. The molecule has 9 nitrogen and oxygen atoms in total. The minimum Gasteiger partial charge on any atom is -0.366 e. The van der Waals surface area contributed by atoms with Gasteiger partial charge in [-0.05, 0) is 24.6 Å². The van der Waals surface area contributed by atoms with Gasteiger partial charge in [-0.1, -0.05) is 6.07 Å². The maximum Gasteiger partial charge on any atom is 0.284 e. The number of H-pyrrole nitrogens is 1. The minimum absolute atomic E-state index is 0.239. The van der Waals surface area contributed by atoms with Gasteiger partial charge in [0.2, 0.25) is 0 Å². The van der Waals surface area contributed by atoms with Crippen LogP contribution in [0.2, 0.25) is 0 Å². The molecule has 0 aliphatic rings. The third-order valence-electron chi connectivity index (χ3n) is 4.70. The minimum atomic E-state index is -0.461. The molecule has 0 bridgehead atoms. The van der Waals surface area contributed by atoms with Crippen LogP contribution in [-0.2, 0) is 7.05 Å². The first-order valence-corrected chi connectivity index (χ1v) is 8.65. The fraction of sp³-hybridized carbons (Fsp3) is 0.211. The summed E-state index contributed by atoms with van der Waals surface area (Å²) in [6.45, 7) is 1.74. The molecule has 28 heavy (non-hydrogen) atoms. The van der Waals surface area contributed by atoms with E-state index in [0.29, 0.717) is 17.2 Å². The summed E-state index contributed by atoms with van der Waals surface area (Å²) in [7, 11) is 5.48. The number of nitrogens with zero attached hydrogens (tertiary/aromatic N) is 6. The average molecular weight is 377 g/mol. The molecule has 1 N–H and O–H groups in total. The third kappa shape index (κ3) is 2.86. The Morgan fingerprint density at radius 2 is 1.96 bits per heavy atom. The van der Waals surface area contributed by atoms with E-state index in [1.54, 1.807) is 36.8 Å². The van der Waals surface area contributed by atoms with E-state index in [9.17, 15) is 9.59 Å². The number of amides is 1. The highest BCUT2D eigenvalue weighted by Crippen LogP contribution is 2.23. The lowest BCUT2D eigenvalue weighted by Gasteiger charge is -2.10. The molecular weight excluding hydrogens is 358 g/mol. The number of carbonyl (C=O) groups excluding carboxylic acids is 1. The molecule has 0 aliphatic carbocycles. The van der Waals surface area contributed by atoms with Crippen molar-refractivity contribution in [3.8, 4) is 11.3 Å². The van der Waals surface area contributed by atoms with Gasteiger partial charge >= 0.3 is 0 Å². The second-order valence-corrected chi connectivity index (χ2v) is 6.74. The monoisotopic (exact) mass is 377 g/mol. The lowest BCUT2D eigenvalue weighted by atomic mass is 10.1. The van der Waals surface area contributed by atoms with Gasteiger partial charge in [-0.2, -0.15) is 19.7 Å². The third-order valence-corrected chi connectivity index (χ3v) is 4.70. The van der Waals surface area contributed by atoms with Gasteiger partial charge in [-0.3, -0.25) is 14.3 Å². The average Bonchev–Trinajstić information content (AvgIpc) is 3.25. The Labute approximate surface area is 159 Å². The zero-order valence-electron chi connectivity index (χ0n) is 16.0. The van der Waals surface area contributed by atoms with Gasteiger partial charge in [-0.25, -0.2) is 0 Å². The molecule has 0 fully saturated rings. The van der Waals surface area contributed by atoms with Crippen LogP contribution in [0.25, 0.3) is 27.8 Å².